The summed E-state index contributed by atoms with van der Waals surface area (Å²) in [4.78, 5) is 27.5. The summed E-state index contributed by atoms with van der Waals surface area (Å²) in [6.07, 6.45) is 10.4. The van der Waals surface area contributed by atoms with E-state index in [0.29, 0.717) is 19.5 Å². The minimum absolute atomic E-state index is 0.0875. The van der Waals surface area contributed by atoms with Gasteiger partial charge in [0, 0.05) is 19.6 Å². The predicted octanol–water partition coefficient (Wildman–Crippen LogP) is 4.63. The average Bonchev–Trinajstić information content (AvgIpc) is 2.80. The molecule has 2 aliphatic rings. The zero-order valence-electron chi connectivity index (χ0n) is 17.7. The maximum Gasteiger partial charge on any atom is 0.227 e. The van der Waals surface area contributed by atoms with Crippen molar-refractivity contribution in [1.82, 2.24) is 10.2 Å². The number of rotatable bonds is 6. The molecule has 1 saturated heterocycles. The van der Waals surface area contributed by atoms with Crippen LogP contribution < -0.4 is 5.32 Å². The number of nitrogens with zero attached hydrogens (tertiary/aromatic N) is 1. The van der Waals surface area contributed by atoms with E-state index >= 15 is 0 Å². The van der Waals surface area contributed by atoms with Gasteiger partial charge in [-0.05, 0) is 61.3 Å². The summed E-state index contributed by atoms with van der Waals surface area (Å²) in [5.41, 5.74) is 2.54. The number of benzene rings is 2. The van der Waals surface area contributed by atoms with Crippen LogP contribution in [0.2, 0.25) is 0 Å². The van der Waals surface area contributed by atoms with Gasteiger partial charge in [0.2, 0.25) is 11.8 Å². The Bertz CT molecular complexity index is 928. The topological polar surface area (TPSA) is 49.4 Å². The van der Waals surface area contributed by atoms with E-state index in [-0.39, 0.29) is 17.7 Å². The molecule has 2 aromatic carbocycles. The van der Waals surface area contributed by atoms with Crippen molar-refractivity contribution >= 4 is 22.6 Å². The van der Waals surface area contributed by atoms with Crippen molar-refractivity contribution in [3.8, 4) is 0 Å². The fourth-order valence-corrected chi connectivity index (χ4v) is 4.76. The molecule has 0 spiro atoms. The zero-order valence-corrected chi connectivity index (χ0v) is 17.7. The number of carbonyl (C=O) groups excluding carboxylic acids is 2. The second-order valence-corrected chi connectivity index (χ2v) is 8.64. The molecule has 158 valence electrons. The molecule has 1 aliphatic heterocycles. The molecule has 0 radical (unpaired) electrons. The largest absolute Gasteiger partial charge is 0.355 e. The number of carbonyl (C=O) groups is 2. The van der Waals surface area contributed by atoms with Gasteiger partial charge in [0.05, 0.1) is 12.3 Å². The predicted molar refractivity (Wildman–Crippen MR) is 121 cm³/mol. The van der Waals surface area contributed by atoms with Crippen LogP contribution in [0.15, 0.2) is 54.1 Å². The summed E-state index contributed by atoms with van der Waals surface area (Å²) in [6, 6.07) is 14.3. The van der Waals surface area contributed by atoms with Crippen LogP contribution in [0.25, 0.3) is 10.8 Å². The first-order valence-electron chi connectivity index (χ1n) is 11.4. The number of amides is 2. The highest BCUT2D eigenvalue weighted by Crippen LogP contribution is 2.22. The normalized spacial score (nSPS) is 19.4. The smallest absolute Gasteiger partial charge is 0.227 e. The molecular weight excluding hydrogens is 372 g/mol. The van der Waals surface area contributed by atoms with Crippen molar-refractivity contribution in [3.63, 3.8) is 0 Å². The number of hydrogen-bond acceptors (Lipinski definition) is 2. The van der Waals surface area contributed by atoms with Crippen molar-refractivity contribution < 1.29 is 9.59 Å². The van der Waals surface area contributed by atoms with Gasteiger partial charge in [-0.2, -0.15) is 0 Å². The van der Waals surface area contributed by atoms with Crippen LogP contribution in [-0.2, 0) is 16.0 Å². The number of fused-ring (bicyclic) bond motifs is 1. The van der Waals surface area contributed by atoms with Crippen LogP contribution in [0.1, 0.15) is 50.5 Å². The van der Waals surface area contributed by atoms with Gasteiger partial charge in [-0.25, -0.2) is 0 Å². The lowest BCUT2D eigenvalue weighted by molar-refractivity contribution is -0.135. The van der Waals surface area contributed by atoms with Crippen molar-refractivity contribution in [2.75, 3.05) is 19.6 Å². The second-order valence-electron chi connectivity index (χ2n) is 8.64. The Balaban J connectivity index is 1.31. The minimum atomic E-state index is -0.0875. The molecule has 0 unspecified atom stereocenters. The summed E-state index contributed by atoms with van der Waals surface area (Å²) >= 11 is 0. The van der Waals surface area contributed by atoms with E-state index in [2.05, 4.69) is 29.6 Å². The maximum absolute atomic E-state index is 13.0. The molecule has 0 aromatic heterocycles. The van der Waals surface area contributed by atoms with Crippen molar-refractivity contribution in [2.24, 2.45) is 5.92 Å². The van der Waals surface area contributed by atoms with Crippen molar-refractivity contribution in [1.29, 1.82) is 0 Å². The molecule has 2 amide bonds. The van der Waals surface area contributed by atoms with Gasteiger partial charge in [-0.1, -0.05) is 54.1 Å². The third-order valence-electron chi connectivity index (χ3n) is 6.50. The Morgan fingerprint density at radius 1 is 1.03 bits per heavy atom. The Hall–Kier alpha value is -2.62. The molecule has 4 nitrogen and oxygen atoms in total. The number of nitrogens with one attached hydrogen (secondary N) is 1. The van der Waals surface area contributed by atoms with E-state index in [1.165, 1.54) is 31.3 Å². The van der Waals surface area contributed by atoms with Gasteiger partial charge in [-0.15, -0.1) is 0 Å². The lowest BCUT2D eigenvalue weighted by Crippen LogP contribution is -2.46. The molecule has 2 aromatic rings. The van der Waals surface area contributed by atoms with Crippen LogP contribution in [0.5, 0.6) is 0 Å². The van der Waals surface area contributed by atoms with Crippen LogP contribution in [-0.4, -0.2) is 36.3 Å². The summed E-state index contributed by atoms with van der Waals surface area (Å²) in [6.45, 7) is 2.00. The standard InChI is InChI=1S/C26H32N2O2/c29-25(18-22-12-6-11-21-10-4-5-14-24(21)22)28-17-7-13-23(19-28)26(30)27-16-15-20-8-2-1-3-9-20/h4-6,8,10-12,14,23H,1-3,7,9,13,15-19H2,(H,27,30)/t23-/m1/s1. The molecule has 4 heteroatoms. The first-order chi connectivity index (χ1) is 14.7. The van der Waals surface area contributed by atoms with Gasteiger partial charge >= 0.3 is 0 Å². The fraction of sp³-hybridized carbons (Fsp3) is 0.462. The highest BCUT2D eigenvalue weighted by Gasteiger charge is 2.28. The molecule has 0 bridgehead atoms. The third-order valence-corrected chi connectivity index (χ3v) is 6.50. The lowest BCUT2D eigenvalue weighted by atomic mass is 9.95. The van der Waals surface area contributed by atoms with E-state index in [9.17, 15) is 9.59 Å². The summed E-state index contributed by atoms with van der Waals surface area (Å²) < 4.78 is 0. The fourth-order valence-electron chi connectivity index (χ4n) is 4.76. The first-order valence-corrected chi connectivity index (χ1v) is 11.4. The number of allylic oxidation sites excluding steroid dienone is 1. The first kappa shape index (κ1) is 20.6. The van der Waals surface area contributed by atoms with Crippen molar-refractivity contribution in [2.45, 2.75) is 51.4 Å². The van der Waals surface area contributed by atoms with E-state index in [1.54, 1.807) is 0 Å². The second kappa shape index (κ2) is 9.92. The Kier molecular flexibility index (Phi) is 6.83. The highest BCUT2D eigenvalue weighted by atomic mass is 16.2. The molecule has 1 aliphatic carbocycles. The van der Waals surface area contributed by atoms with Crippen molar-refractivity contribution in [3.05, 3.63) is 59.7 Å². The molecule has 1 heterocycles. The molecule has 1 N–H and O–H groups in total. The van der Waals surface area contributed by atoms with Gasteiger partial charge in [-0.3, -0.25) is 9.59 Å². The monoisotopic (exact) mass is 404 g/mol. The molecule has 1 atom stereocenters. The molecular formula is C26H32N2O2. The maximum atomic E-state index is 13.0. The number of likely N-dealkylation sites (tertiary alicyclic amines) is 1. The quantitative estimate of drug-likeness (QED) is 0.714. The van der Waals surface area contributed by atoms with Gasteiger partial charge in [0.15, 0.2) is 0 Å². The van der Waals surface area contributed by atoms with Crippen LogP contribution in [0.4, 0.5) is 0 Å². The average molecular weight is 405 g/mol. The van der Waals surface area contributed by atoms with Crippen LogP contribution in [0, 0.1) is 5.92 Å². The third kappa shape index (κ3) is 5.10. The number of hydrogen-bond donors (Lipinski definition) is 1. The molecule has 4 rings (SSSR count). The Morgan fingerprint density at radius 3 is 2.77 bits per heavy atom. The SMILES string of the molecule is O=C(NCCC1=CCCCC1)[C@@H]1CCCN(C(=O)Cc2cccc3ccccc23)C1. The molecule has 0 saturated carbocycles. The Labute approximate surface area is 179 Å². The Morgan fingerprint density at radius 2 is 1.90 bits per heavy atom. The number of piperidine rings is 1. The van der Waals surface area contributed by atoms with E-state index < -0.39 is 0 Å². The van der Waals surface area contributed by atoms with Gasteiger partial charge in [0.25, 0.3) is 0 Å². The van der Waals surface area contributed by atoms with E-state index in [4.69, 9.17) is 0 Å². The van der Waals surface area contributed by atoms with Gasteiger partial charge in [0.1, 0.15) is 0 Å². The highest BCUT2D eigenvalue weighted by molar-refractivity contribution is 5.90. The van der Waals surface area contributed by atoms with E-state index in [1.807, 2.05) is 29.2 Å². The summed E-state index contributed by atoms with van der Waals surface area (Å²) in [7, 11) is 0. The lowest BCUT2D eigenvalue weighted by Gasteiger charge is -2.32. The zero-order chi connectivity index (χ0) is 20.8. The minimum Gasteiger partial charge on any atom is -0.355 e. The van der Waals surface area contributed by atoms with Crippen LogP contribution >= 0.6 is 0 Å². The molecule has 30 heavy (non-hydrogen) atoms. The van der Waals surface area contributed by atoms with Crippen LogP contribution in [0.3, 0.4) is 0 Å². The van der Waals surface area contributed by atoms with Gasteiger partial charge < -0.3 is 10.2 Å². The van der Waals surface area contributed by atoms with E-state index in [0.717, 1.165) is 42.1 Å². The molecule has 1 fully saturated rings. The summed E-state index contributed by atoms with van der Waals surface area (Å²) in [5, 5.41) is 5.41. The summed E-state index contributed by atoms with van der Waals surface area (Å²) in [5.74, 6) is 0.140.